The van der Waals surface area contributed by atoms with Crippen LogP contribution >= 0.6 is 0 Å². The second-order valence-electron chi connectivity index (χ2n) is 6.96. The second-order valence-corrected chi connectivity index (χ2v) is 6.96. The molecular weight excluding hydrogens is 386 g/mol. The quantitative estimate of drug-likeness (QED) is 0.661. The van der Waals surface area contributed by atoms with Gasteiger partial charge in [0.15, 0.2) is 6.29 Å². The van der Waals surface area contributed by atoms with Crippen molar-refractivity contribution < 1.29 is 28.8 Å². The molecule has 7 heteroatoms. The summed E-state index contributed by atoms with van der Waals surface area (Å²) >= 11 is 0. The minimum atomic E-state index is -0.656. The van der Waals surface area contributed by atoms with E-state index in [1.165, 1.54) is 6.21 Å². The van der Waals surface area contributed by atoms with E-state index < -0.39 is 12.4 Å². The number of aliphatic imine (C=N–C) groups is 1. The zero-order valence-corrected chi connectivity index (χ0v) is 17.0. The second kappa shape index (κ2) is 11.4. The Bertz CT molecular complexity index is 808. The maximum Gasteiger partial charge on any atom is 0.433 e. The number of hydrogen-bond acceptors (Lipinski definition) is 6. The van der Waals surface area contributed by atoms with Crippen molar-refractivity contribution in [3.8, 4) is 5.75 Å². The number of aliphatic hydroxyl groups excluding tert-OH is 1. The van der Waals surface area contributed by atoms with Crippen LogP contribution in [0.3, 0.4) is 0 Å². The topological polar surface area (TPSA) is 86.6 Å². The molecule has 0 bridgehead atoms. The number of benzene rings is 2. The van der Waals surface area contributed by atoms with Gasteiger partial charge in [-0.05, 0) is 30.5 Å². The Hall–Kier alpha value is -2.74. The molecule has 1 N–H and O–H groups in total. The highest BCUT2D eigenvalue weighted by Crippen LogP contribution is 2.31. The maximum atomic E-state index is 12.0. The molecule has 30 heavy (non-hydrogen) atoms. The molecule has 3 rings (SSSR count). The molecule has 1 amide bonds. The Morgan fingerprint density at radius 2 is 1.97 bits per heavy atom. The van der Waals surface area contributed by atoms with Crippen molar-refractivity contribution in [2.24, 2.45) is 10.9 Å². The van der Waals surface area contributed by atoms with Crippen LogP contribution in [0.25, 0.3) is 0 Å². The predicted molar refractivity (Wildman–Crippen MR) is 111 cm³/mol. The number of ether oxygens (including phenoxy) is 4. The molecule has 1 fully saturated rings. The fourth-order valence-electron chi connectivity index (χ4n) is 3.17. The van der Waals surface area contributed by atoms with E-state index in [0.29, 0.717) is 19.4 Å². The van der Waals surface area contributed by atoms with Crippen LogP contribution in [0.4, 0.5) is 4.79 Å². The molecule has 0 radical (unpaired) electrons. The minimum absolute atomic E-state index is 0.0664. The van der Waals surface area contributed by atoms with Crippen molar-refractivity contribution >= 4 is 12.3 Å². The first-order valence-corrected chi connectivity index (χ1v) is 9.96. The number of methoxy groups -OCH3 is 1. The molecule has 3 atom stereocenters. The van der Waals surface area contributed by atoms with Gasteiger partial charge in [-0.15, -0.1) is 0 Å². The van der Waals surface area contributed by atoms with Crippen molar-refractivity contribution in [2.45, 2.75) is 31.8 Å². The van der Waals surface area contributed by atoms with Crippen LogP contribution in [0.1, 0.15) is 30.3 Å². The van der Waals surface area contributed by atoms with E-state index in [-0.39, 0.29) is 25.2 Å². The molecule has 1 saturated heterocycles. The van der Waals surface area contributed by atoms with E-state index in [4.69, 9.17) is 18.9 Å². The first kappa shape index (κ1) is 22.0. The van der Waals surface area contributed by atoms with Gasteiger partial charge in [0.1, 0.15) is 12.4 Å². The molecule has 0 aromatic heterocycles. The van der Waals surface area contributed by atoms with Gasteiger partial charge in [0.05, 0.1) is 19.8 Å². The van der Waals surface area contributed by atoms with E-state index in [9.17, 15) is 9.90 Å². The SMILES string of the molecule is COc1ccc(C2OCC(/C=N/C(=O)OCc3ccccc3)[C@H](CCCO)O2)cc1. The van der Waals surface area contributed by atoms with Gasteiger partial charge in [-0.3, -0.25) is 0 Å². The molecule has 160 valence electrons. The molecule has 1 aliphatic rings. The summed E-state index contributed by atoms with van der Waals surface area (Å²) in [7, 11) is 1.61. The van der Waals surface area contributed by atoms with Crippen molar-refractivity contribution in [3.63, 3.8) is 0 Å². The average Bonchev–Trinajstić information content (AvgIpc) is 2.81. The number of amides is 1. The van der Waals surface area contributed by atoms with Gasteiger partial charge < -0.3 is 24.1 Å². The number of carbonyl (C=O) groups is 1. The molecule has 0 saturated carbocycles. The highest BCUT2D eigenvalue weighted by molar-refractivity contribution is 5.80. The van der Waals surface area contributed by atoms with E-state index >= 15 is 0 Å². The first-order valence-electron chi connectivity index (χ1n) is 9.96. The van der Waals surface area contributed by atoms with E-state index in [1.807, 2.05) is 54.6 Å². The summed E-state index contributed by atoms with van der Waals surface area (Å²) in [6, 6.07) is 16.9. The zero-order chi connectivity index (χ0) is 21.2. The van der Waals surface area contributed by atoms with Crippen LogP contribution in [0, 0.1) is 5.92 Å². The monoisotopic (exact) mass is 413 g/mol. The third-order valence-corrected chi connectivity index (χ3v) is 4.83. The summed E-state index contributed by atoms with van der Waals surface area (Å²) in [6.07, 6.45) is 1.33. The molecule has 7 nitrogen and oxygen atoms in total. The Kier molecular flexibility index (Phi) is 8.38. The molecule has 0 aliphatic carbocycles. The van der Waals surface area contributed by atoms with Crippen molar-refractivity contribution in [1.82, 2.24) is 0 Å². The molecule has 2 aromatic rings. The number of rotatable bonds is 8. The van der Waals surface area contributed by atoms with Gasteiger partial charge in [0.25, 0.3) is 0 Å². The third-order valence-electron chi connectivity index (χ3n) is 4.83. The smallest absolute Gasteiger partial charge is 0.433 e. The minimum Gasteiger partial charge on any atom is -0.497 e. The molecule has 2 aromatic carbocycles. The standard InChI is InChI=1S/C23H27NO6/c1-27-20-11-9-18(10-12-20)22-28-16-19(21(30-22)8-5-13-25)14-24-23(26)29-15-17-6-3-2-4-7-17/h2-4,6-7,9-12,14,19,21-22,25H,5,8,13,15-16H2,1H3/b24-14+/t19?,21-,22?/m0/s1. The predicted octanol–water partition coefficient (Wildman–Crippen LogP) is 3.91. The normalized spacial score (nSPS) is 21.5. The molecule has 2 unspecified atom stereocenters. The summed E-state index contributed by atoms with van der Waals surface area (Å²) in [5, 5.41) is 9.21. The van der Waals surface area contributed by atoms with Crippen molar-refractivity contribution in [3.05, 3.63) is 65.7 Å². The van der Waals surface area contributed by atoms with E-state index in [0.717, 1.165) is 16.9 Å². The van der Waals surface area contributed by atoms with Crippen LogP contribution in [-0.4, -0.2) is 43.8 Å². The summed E-state index contributed by atoms with van der Waals surface area (Å²) in [5.74, 6) is 0.542. The number of carbonyl (C=O) groups excluding carboxylic acids is 1. The summed E-state index contributed by atoms with van der Waals surface area (Å²) in [5.41, 5.74) is 1.77. The van der Waals surface area contributed by atoms with E-state index in [1.54, 1.807) is 7.11 Å². The lowest BCUT2D eigenvalue weighted by Crippen LogP contribution is -2.37. The fraction of sp³-hybridized carbons (Fsp3) is 0.391. The van der Waals surface area contributed by atoms with Gasteiger partial charge in [0.2, 0.25) is 0 Å². The Labute approximate surface area is 176 Å². The Morgan fingerprint density at radius 1 is 1.20 bits per heavy atom. The highest BCUT2D eigenvalue weighted by Gasteiger charge is 2.31. The molecule has 0 spiro atoms. The van der Waals surface area contributed by atoms with E-state index in [2.05, 4.69) is 4.99 Å². The number of aliphatic hydroxyl groups is 1. The number of hydrogen-bond donors (Lipinski definition) is 1. The van der Waals surface area contributed by atoms with Crippen molar-refractivity contribution in [2.75, 3.05) is 20.3 Å². The van der Waals surface area contributed by atoms with Gasteiger partial charge >= 0.3 is 6.09 Å². The molecule has 1 aliphatic heterocycles. The lowest BCUT2D eigenvalue weighted by Gasteiger charge is -2.35. The van der Waals surface area contributed by atoms with Gasteiger partial charge in [-0.1, -0.05) is 42.5 Å². The van der Waals surface area contributed by atoms with Crippen LogP contribution < -0.4 is 4.74 Å². The Balaban J connectivity index is 1.57. The zero-order valence-electron chi connectivity index (χ0n) is 17.0. The summed E-state index contributed by atoms with van der Waals surface area (Å²) in [6.45, 7) is 0.585. The summed E-state index contributed by atoms with van der Waals surface area (Å²) < 4.78 is 22.3. The first-order chi connectivity index (χ1) is 14.7. The van der Waals surface area contributed by atoms with Gasteiger partial charge in [-0.2, -0.15) is 4.99 Å². The van der Waals surface area contributed by atoms with Crippen LogP contribution in [0.5, 0.6) is 5.75 Å². The number of nitrogens with zero attached hydrogens (tertiary/aromatic N) is 1. The van der Waals surface area contributed by atoms with Crippen LogP contribution in [-0.2, 0) is 20.8 Å². The lowest BCUT2D eigenvalue weighted by molar-refractivity contribution is -0.231. The van der Waals surface area contributed by atoms with Gasteiger partial charge in [-0.25, -0.2) is 4.79 Å². The maximum absolute atomic E-state index is 12.0. The fourth-order valence-corrected chi connectivity index (χ4v) is 3.17. The Morgan fingerprint density at radius 3 is 2.67 bits per heavy atom. The lowest BCUT2D eigenvalue weighted by atomic mass is 9.98. The van der Waals surface area contributed by atoms with Crippen molar-refractivity contribution in [1.29, 1.82) is 0 Å². The molecular formula is C23H27NO6. The third kappa shape index (κ3) is 6.38. The average molecular weight is 413 g/mol. The molecule has 1 heterocycles. The highest BCUT2D eigenvalue weighted by atomic mass is 16.7. The summed E-state index contributed by atoms with van der Waals surface area (Å²) in [4.78, 5) is 15.9. The van der Waals surface area contributed by atoms with Crippen LogP contribution in [0.2, 0.25) is 0 Å². The van der Waals surface area contributed by atoms with Gasteiger partial charge in [0, 0.05) is 24.3 Å². The van der Waals surface area contributed by atoms with Crippen LogP contribution in [0.15, 0.2) is 59.6 Å². The largest absolute Gasteiger partial charge is 0.497 e.